The van der Waals surface area contributed by atoms with Gasteiger partial charge in [0.2, 0.25) is 5.91 Å². The van der Waals surface area contributed by atoms with Crippen molar-refractivity contribution in [1.82, 2.24) is 15.5 Å². The summed E-state index contributed by atoms with van der Waals surface area (Å²) in [6, 6.07) is 6.36. The molecule has 6 nitrogen and oxygen atoms in total. The second kappa shape index (κ2) is 8.98. The first-order chi connectivity index (χ1) is 14.1. The zero-order chi connectivity index (χ0) is 20.2. The lowest BCUT2D eigenvalue weighted by Crippen LogP contribution is -2.50. The summed E-state index contributed by atoms with van der Waals surface area (Å²) in [6.45, 7) is 2.08. The third-order valence-electron chi connectivity index (χ3n) is 6.26. The lowest BCUT2D eigenvalue weighted by Gasteiger charge is -2.30. The maximum absolute atomic E-state index is 12.7. The van der Waals surface area contributed by atoms with Gasteiger partial charge in [-0.1, -0.05) is 11.8 Å². The molecule has 1 aromatic carbocycles. The van der Waals surface area contributed by atoms with Gasteiger partial charge in [0.1, 0.15) is 6.04 Å². The van der Waals surface area contributed by atoms with E-state index in [4.69, 9.17) is 5.73 Å². The van der Waals surface area contributed by atoms with Crippen molar-refractivity contribution >= 4 is 11.8 Å². The van der Waals surface area contributed by atoms with Gasteiger partial charge in [-0.3, -0.25) is 9.59 Å². The highest BCUT2D eigenvalue weighted by molar-refractivity contribution is 6.01. The molecule has 1 atom stereocenters. The van der Waals surface area contributed by atoms with E-state index in [9.17, 15) is 9.59 Å². The Labute approximate surface area is 172 Å². The number of nitrogens with zero attached hydrogens (tertiary/aromatic N) is 1. The second-order valence-electron chi connectivity index (χ2n) is 8.37. The van der Waals surface area contributed by atoms with Crippen LogP contribution in [0.3, 0.4) is 0 Å². The fourth-order valence-electron chi connectivity index (χ4n) is 4.55. The molecule has 1 unspecified atom stereocenters. The predicted octanol–water partition coefficient (Wildman–Crippen LogP) is 1.52. The molecular weight excluding hydrogens is 364 g/mol. The smallest absolute Gasteiger partial charge is 0.255 e. The van der Waals surface area contributed by atoms with Crippen LogP contribution in [-0.4, -0.2) is 47.9 Å². The maximum atomic E-state index is 12.7. The molecule has 1 aromatic rings. The quantitative estimate of drug-likeness (QED) is 0.534. The van der Waals surface area contributed by atoms with Crippen molar-refractivity contribution in [3.8, 4) is 11.8 Å². The number of carbonyl (C=O) groups is 2. The molecule has 2 amide bonds. The molecule has 0 radical (unpaired) electrons. The summed E-state index contributed by atoms with van der Waals surface area (Å²) in [6.07, 6.45) is 6.97. The Balaban J connectivity index is 1.31. The van der Waals surface area contributed by atoms with Crippen LogP contribution in [0.15, 0.2) is 18.2 Å². The third kappa shape index (κ3) is 4.63. The van der Waals surface area contributed by atoms with Crippen LogP contribution < -0.4 is 16.4 Å². The van der Waals surface area contributed by atoms with Crippen molar-refractivity contribution in [1.29, 1.82) is 0 Å². The first-order valence-electron chi connectivity index (χ1n) is 10.8. The molecule has 2 heterocycles. The molecule has 154 valence electrons. The van der Waals surface area contributed by atoms with Crippen molar-refractivity contribution in [2.24, 2.45) is 5.73 Å². The number of hydrogen-bond donors (Lipinski definition) is 3. The summed E-state index contributed by atoms with van der Waals surface area (Å²) in [7, 11) is 0. The van der Waals surface area contributed by atoms with Crippen LogP contribution >= 0.6 is 0 Å². The van der Waals surface area contributed by atoms with E-state index in [0.717, 1.165) is 62.6 Å². The number of hydrogen-bond acceptors (Lipinski definition) is 4. The molecule has 0 aromatic heterocycles. The lowest BCUT2D eigenvalue weighted by molar-refractivity contribution is -0.127. The zero-order valence-electron chi connectivity index (χ0n) is 16.9. The van der Waals surface area contributed by atoms with Crippen molar-refractivity contribution in [3.63, 3.8) is 0 Å². The van der Waals surface area contributed by atoms with Crippen molar-refractivity contribution < 1.29 is 9.59 Å². The molecule has 4 N–H and O–H groups in total. The molecule has 6 heteroatoms. The van der Waals surface area contributed by atoms with Crippen LogP contribution in [0.5, 0.6) is 0 Å². The monoisotopic (exact) mass is 394 g/mol. The first-order valence-corrected chi connectivity index (χ1v) is 10.8. The van der Waals surface area contributed by atoms with E-state index in [1.165, 1.54) is 0 Å². The van der Waals surface area contributed by atoms with E-state index in [0.29, 0.717) is 30.7 Å². The molecule has 3 aliphatic rings. The van der Waals surface area contributed by atoms with Gasteiger partial charge in [0, 0.05) is 49.3 Å². The minimum atomic E-state index is -0.349. The maximum Gasteiger partial charge on any atom is 0.255 e. The summed E-state index contributed by atoms with van der Waals surface area (Å²) in [5, 5.41) is 6.44. The molecule has 2 fully saturated rings. The summed E-state index contributed by atoms with van der Waals surface area (Å²) in [5.74, 6) is 6.37. The summed E-state index contributed by atoms with van der Waals surface area (Å²) < 4.78 is 0. The fraction of sp³-hybridized carbons (Fsp3) is 0.565. The van der Waals surface area contributed by atoms with Gasteiger partial charge in [0.05, 0.1) is 0 Å². The fourth-order valence-corrected chi connectivity index (χ4v) is 4.55. The molecule has 1 saturated heterocycles. The minimum absolute atomic E-state index is 0.0372. The predicted molar refractivity (Wildman–Crippen MR) is 112 cm³/mol. The van der Waals surface area contributed by atoms with E-state index in [1.807, 2.05) is 18.2 Å². The molecule has 0 bridgehead atoms. The summed E-state index contributed by atoms with van der Waals surface area (Å²) >= 11 is 0. The highest BCUT2D eigenvalue weighted by atomic mass is 16.2. The standard InChI is InChI=1S/C23H30N4O2/c24-18-7-9-19(10-8-18)25-12-2-1-4-16-6-11-20-17(14-16)15-27(23(20)29)21-5-3-13-26-22(21)28/h6,11,14,18-19,21,25H,2-3,5,7-10,12-13,15,24H2,(H,26,28)/t18-,19-,21?. The van der Waals surface area contributed by atoms with E-state index in [2.05, 4.69) is 22.5 Å². The first kappa shape index (κ1) is 19.9. The van der Waals surface area contributed by atoms with Gasteiger partial charge >= 0.3 is 0 Å². The number of rotatable bonds is 4. The Bertz CT molecular complexity index is 833. The van der Waals surface area contributed by atoms with E-state index in [-0.39, 0.29) is 17.9 Å². The van der Waals surface area contributed by atoms with E-state index < -0.39 is 0 Å². The molecule has 29 heavy (non-hydrogen) atoms. The van der Waals surface area contributed by atoms with Crippen molar-refractivity contribution in [3.05, 3.63) is 34.9 Å². The van der Waals surface area contributed by atoms with Crippen LogP contribution in [0.25, 0.3) is 0 Å². The Morgan fingerprint density at radius 1 is 1.17 bits per heavy atom. The highest BCUT2D eigenvalue weighted by Gasteiger charge is 2.37. The minimum Gasteiger partial charge on any atom is -0.354 e. The number of nitrogens with one attached hydrogen (secondary N) is 2. The van der Waals surface area contributed by atoms with Gasteiger partial charge in [-0.05, 0) is 62.3 Å². The van der Waals surface area contributed by atoms with Gasteiger partial charge in [-0.25, -0.2) is 0 Å². The van der Waals surface area contributed by atoms with Crippen molar-refractivity contribution in [2.75, 3.05) is 13.1 Å². The lowest BCUT2D eigenvalue weighted by atomic mass is 9.92. The number of benzene rings is 1. The number of amides is 2. The molecule has 4 rings (SSSR count). The van der Waals surface area contributed by atoms with Gasteiger partial charge < -0.3 is 21.3 Å². The summed E-state index contributed by atoms with van der Waals surface area (Å²) in [5.41, 5.74) is 8.54. The van der Waals surface area contributed by atoms with Crippen LogP contribution in [0.4, 0.5) is 0 Å². The largest absolute Gasteiger partial charge is 0.354 e. The van der Waals surface area contributed by atoms with Crippen LogP contribution in [0.2, 0.25) is 0 Å². The summed E-state index contributed by atoms with van der Waals surface area (Å²) in [4.78, 5) is 26.6. The zero-order valence-corrected chi connectivity index (χ0v) is 16.9. The van der Waals surface area contributed by atoms with Gasteiger partial charge in [0.25, 0.3) is 5.91 Å². The normalized spacial score (nSPS) is 26.5. The van der Waals surface area contributed by atoms with Gasteiger partial charge in [-0.15, -0.1) is 0 Å². The molecule has 2 aliphatic heterocycles. The Morgan fingerprint density at radius 3 is 2.79 bits per heavy atom. The Morgan fingerprint density at radius 2 is 2.00 bits per heavy atom. The molecule has 1 aliphatic carbocycles. The number of carbonyl (C=O) groups excluding carboxylic acids is 2. The van der Waals surface area contributed by atoms with Crippen LogP contribution in [0.1, 0.15) is 66.4 Å². The third-order valence-corrected chi connectivity index (χ3v) is 6.26. The topological polar surface area (TPSA) is 87.5 Å². The van der Waals surface area contributed by atoms with Gasteiger partial charge in [0.15, 0.2) is 0 Å². The molecule has 1 saturated carbocycles. The SMILES string of the molecule is N[C@H]1CC[C@H](NCCC#Cc2ccc3c(c2)CN(C2CCCNC2=O)C3=O)CC1. The second-order valence-corrected chi connectivity index (χ2v) is 8.37. The van der Waals surface area contributed by atoms with Gasteiger partial charge in [-0.2, -0.15) is 0 Å². The van der Waals surface area contributed by atoms with E-state index in [1.54, 1.807) is 4.90 Å². The van der Waals surface area contributed by atoms with E-state index >= 15 is 0 Å². The number of nitrogens with two attached hydrogens (primary N) is 1. The van der Waals surface area contributed by atoms with Crippen LogP contribution in [-0.2, 0) is 11.3 Å². The average Bonchev–Trinajstić information content (AvgIpc) is 3.05. The Hall–Kier alpha value is -2.36. The average molecular weight is 395 g/mol. The number of piperidine rings is 1. The Kier molecular flexibility index (Phi) is 6.17. The molecular formula is C23H30N4O2. The van der Waals surface area contributed by atoms with Crippen LogP contribution in [0, 0.1) is 11.8 Å². The highest BCUT2D eigenvalue weighted by Crippen LogP contribution is 2.27. The number of fused-ring (bicyclic) bond motifs is 1. The molecule has 0 spiro atoms. The van der Waals surface area contributed by atoms with Crippen molar-refractivity contribution in [2.45, 2.75) is 69.6 Å².